The van der Waals surface area contributed by atoms with E-state index < -0.39 is 0 Å². The van der Waals surface area contributed by atoms with Gasteiger partial charge in [0.2, 0.25) is 11.0 Å². The van der Waals surface area contributed by atoms with Crippen LogP contribution in [0.2, 0.25) is 0 Å². The van der Waals surface area contributed by atoms with Crippen LogP contribution in [-0.2, 0) is 4.79 Å². The number of aromatic nitrogens is 5. The Balaban J connectivity index is 1.32. The lowest BCUT2D eigenvalue weighted by molar-refractivity contribution is -0.113. The molecule has 33 heavy (non-hydrogen) atoms. The van der Waals surface area contributed by atoms with Gasteiger partial charge in [-0.1, -0.05) is 102 Å². The van der Waals surface area contributed by atoms with E-state index in [1.165, 1.54) is 23.1 Å². The monoisotopic (exact) mass is 470 g/mol. The SMILES string of the molecule is O=C(CSc1nnc(-c2ccccc2)n1-c1ccccc1)Nc1nnc(-c2ccccc2)s1. The molecule has 0 fully saturated rings. The summed E-state index contributed by atoms with van der Waals surface area (Å²) in [7, 11) is 0. The van der Waals surface area contributed by atoms with Gasteiger partial charge in [0.1, 0.15) is 5.01 Å². The van der Waals surface area contributed by atoms with Gasteiger partial charge in [0.15, 0.2) is 11.0 Å². The summed E-state index contributed by atoms with van der Waals surface area (Å²) in [5.41, 5.74) is 2.85. The molecule has 0 aliphatic rings. The molecule has 2 heterocycles. The molecule has 0 atom stereocenters. The number of rotatable bonds is 7. The fraction of sp³-hybridized carbons (Fsp3) is 0.0417. The van der Waals surface area contributed by atoms with Crippen molar-refractivity contribution in [2.45, 2.75) is 5.16 Å². The van der Waals surface area contributed by atoms with E-state index in [9.17, 15) is 4.79 Å². The molecule has 0 radical (unpaired) electrons. The van der Waals surface area contributed by atoms with Crippen LogP contribution in [0.5, 0.6) is 0 Å². The molecule has 3 aromatic carbocycles. The van der Waals surface area contributed by atoms with Crippen molar-refractivity contribution in [3.05, 3.63) is 91.0 Å². The number of anilines is 1. The number of benzene rings is 3. The van der Waals surface area contributed by atoms with Crippen LogP contribution in [0, 0.1) is 0 Å². The third kappa shape index (κ3) is 4.84. The fourth-order valence-corrected chi connectivity index (χ4v) is 4.72. The summed E-state index contributed by atoms with van der Waals surface area (Å²) in [4.78, 5) is 12.6. The Morgan fingerprint density at radius 2 is 1.42 bits per heavy atom. The van der Waals surface area contributed by atoms with Crippen LogP contribution in [0.1, 0.15) is 0 Å². The van der Waals surface area contributed by atoms with Gasteiger partial charge >= 0.3 is 0 Å². The highest BCUT2D eigenvalue weighted by Gasteiger charge is 2.17. The first-order chi connectivity index (χ1) is 16.3. The van der Waals surface area contributed by atoms with Crippen LogP contribution in [0.15, 0.2) is 96.2 Å². The van der Waals surface area contributed by atoms with Crippen molar-refractivity contribution in [1.29, 1.82) is 0 Å². The Kier molecular flexibility index (Phi) is 6.23. The summed E-state index contributed by atoms with van der Waals surface area (Å²) in [5.74, 6) is 0.709. The molecular weight excluding hydrogens is 452 g/mol. The van der Waals surface area contributed by atoms with Crippen LogP contribution >= 0.6 is 23.1 Å². The Labute approximate surface area is 198 Å². The van der Waals surface area contributed by atoms with E-state index >= 15 is 0 Å². The smallest absolute Gasteiger partial charge is 0.236 e. The molecule has 0 unspecified atom stereocenters. The van der Waals surface area contributed by atoms with Crippen LogP contribution in [0.3, 0.4) is 0 Å². The first-order valence-electron chi connectivity index (χ1n) is 10.2. The Hall–Kier alpha value is -3.82. The van der Waals surface area contributed by atoms with Crippen LogP contribution in [-0.4, -0.2) is 36.6 Å². The van der Waals surface area contributed by atoms with E-state index in [2.05, 4.69) is 25.7 Å². The van der Waals surface area contributed by atoms with E-state index in [1.807, 2.05) is 95.6 Å². The average molecular weight is 471 g/mol. The van der Waals surface area contributed by atoms with Gasteiger partial charge in [0.25, 0.3) is 0 Å². The van der Waals surface area contributed by atoms with Gasteiger partial charge in [0, 0.05) is 16.8 Å². The maximum absolute atomic E-state index is 12.6. The topological polar surface area (TPSA) is 85.6 Å². The second-order valence-corrected chi connectivity index (χ2v) is 8.88. The predicted molar refractivity (Wildman–Crippen MR) is 131 cm³/mol. The maximum Gasteiger partial charge on any atom is 0.236 e. The standard InChI is InChI=1S/C24H18N6OS2/c31-20(25-23-28-27-22(33-23)18-12-6-2-7-13-18)16-32-24-29-26-21(17-10-4-1-5-11-17)30(24)19-14-8-3-9-15-19/h1-15H,16H2,(H,25,28,31). The van der Waals surface area contributed by atoms with Crippen LogP contribution < -0.4 is 5.32 Å². The van der Waals surface area contributed by atoms with Gasteiger partial charge in [-0.05, 0) is 12.1 Å². The minimum absolute atomic E-state index is 0.167. The summed E-state index contributed by atoms with van der Waals surface area (Å²) in [6.45, 7) is 0. The molecule has 0 aliphatic heterocycles. The summed E-state index contributed by atoms with van der Waals surface area (Å²) < 4.78 is 1.96. The summed E-state index contributed by atoms with van der Waals surface area (Å²) in [5, 5.41) is 21.7. The van der Waals surface area contributed by atoms with Crippen molar-refractivity contribution in [3.63, 3.8) is 0 Å². The Bertz CT molecular complexity index is 1350. The molecule has 0 saturated carbocycles. The lowest BCUT2D eigenvalue weighted by atomic mass is 10.2. The normalized spacial score (nSPS) is 10.8. The zero-order valence-corrected chi connectivity index (χ0v) is 19.0. The van der Waals surface area contributed by atoms with Crippen molar-refractivity contribution >= 4 is 34.1 Å². The number of thioether (sulfide) groups is 1. The van der Waals surface area contributed by atoms with Crippen LogP contribution in [0.4, 0.5) is 5.13 Å². The average Bonchev–Trinajstić information content (AvgIpc) is 3.52. The number of hydrogen-bond acceptors (Lipinski definition) is 7. The molecular formula is C24H18N6OS2. The lowest BCUT2D eigenvalue weighted by Crippen LogP contribution is -2.14. The second-order valence-electron chi connectivity index (χ2n) is 6.96. The number of nitrogens with zero attached hydrogens (tertiary/aromatic N) is 5. The van der Waals surface area contributed by atoms with Gasteiger partial charge in [-0.15, -0.1) is 20.4 Å². The first-order valence-corrected chi connectivity index (χ1v) is 12.0. The highest BCUT2D eigenvalue weighted by atomic mass is 32.2. The van der Waals surface area contributed by atoms with Gasteiger partial charge < -0.3 is 0 Å². The van der Waals surface area contributed by atoms with E-state index in [1.54, 1.807) is 0 Å². The highest BCUT2D eigenvalue weighted by Crippen LogP contribution is 2.29. The highest BCUT2D eigenvalue weighted by molar-refractivity contribution is 7.99. The molecule has 0 saturated heterocycles. The molecule has 9 heteroatoms. The summed E-state index contributed by atoms with van der Waals surface area (Å²) >= 11 is 2.66. The van der Waals surface area contributed by atoms with Crippen molar-refractivity contribution in [2.24, 2.45) is 0 Å². The molecule has 0 spiro atoms. The summed E-state index contributed by atoms with van der Waals surface area (Å²) in [6.07, 6.45) is 0. The third-order valence-corrected chi connectivity index (χ3v) is 6.52. The second kappa shape index (κ2) is 9.76. The molecule has 0 aliphatic carbocycles. The van der Waals surface area contributed by atoms with Crippen LogP contribution in [0.25, 0.3) is 27.6 Å². The molecule has 1 N–H and O–H groups in total. The number of hydrogen-bond donors (Lipinski definition) is 1. The summed E-state index contributed by atoms with van der Waals surface area (Å²) in [6, 6.07) is 29.5. The fourth-order valence-electron chi connectivity index (χ4n) is 3.20. The molecule has 0 bridgehead atoms. The van der Waals surface area contributed by atoms with Gasteiger partial charge in [0.05, 0.1) is 5.75 Å². The number of carbonyl (C=O) groups excluding carboxylic acids is 1. The first kappa shape index (κ1) is 21.0. The van der Waals surface area contributed by atoms with Crippen molar-refractivity contribution < 1.29 is 4.79 Å². The van der Waals surface area contributed by atoms with Gasteiger partial charge in [-0.3, -0.25) is 14.7 Å². The zero-order chi connectivity index (χ0) is 22.5. The van der Waals surface area contributed by atoms with Gasteiger partial charge in [-0.25, -0.2) is 0 Å². The minimum atomic E-state index is -0.181. The number of nitrogens with one attached hydrogen (secondary N) is 1. The number of carbonyl (C=O) groups is 1. The quantitative estimate of drug-likeness (QED) is 0.330. The number of para-hydroxylation sites is 1. The van der Waals surface area contributed by atoms with Crippen molar-refractivity contribution in [3.8, 4) is 27.6 Å². The van der Waals surface area contributed by atoms with E-state index in [4.69, 9.17) is 0 Å². The third-order valence-electron chi connectivity index (χ3n) is 4.70. The maximum atomic E-state index is 12.6. The molecule has 5 rings (SSSR count). The van der Waals surface area contributed by atoms with E-state index in [0.29, 0.717) is 10.3 Å². The van der Waals surface area contributed by atoms with Crippen molar-refractivity contribution in [2.75, 3.05) is 11.1 Å². The molecule has 162 valence electrons. The zero-order valence-electron chi connectivity index (χ0n) is 17.3. The van der Waals surface area contributed by atoms with Gasteiger partial charge in [-0.2, -0.15) is 0 Å². The minimum Gasteiger partial charge on any atom is -0.300 e. The molecule has 5 aromatic rings. The number of amides is 1. The molecule has 1 amide bonds. The lowest BCUT2D eigenvalue weighted by Gasteiger charge is -2.10. The molecule has 7 nitrogen and oxygen atoms in total. The van der Waals surface area contributed by atoms with E-state index in [0.717, 1.165) is 27.6 Å². The Morgan fingerprint density at radius 1 is 0.788 bits per heavy atom. The van der Waals surface area contributed by atoms with E-state index in [-0.39, 0.29) is 11.7 Å². The van der Waals surface area contributed by atoms with Crippen molar-refractivity contribution in [1.82, 2.24) is 25.0 Å². The molecule has 2 aromatic heterocycles. The Morgan fingerprint density at radius 3 is 2.12 bits per heavy atom. The largest absolute Gasteiger partial charge is 0.300 e. The predicted octanol–water partition coefficient (Wildman–Crippen LogP) is 5.18.